The fraction of sp³-hybridized carbons (Fsp3) is 0.577. The zero-order valence-corrected chi connectivity index (χ0v) is 22.0. The average Bonchev–Trinajstić information content (AvgIpc) is 2.80. The molecule has 11 nitrogen and oxygen atoms in total. The number of carbonyl (C=O) groups excluding carboxylic acids is 4. The van der Waals surface area contributed by atoms with Crippen LogP contribution in [0.1, 0.15) is 58.9 Å². The van der Waals surface area contributed by atoms with E-state index in [-0.39, 0.29) is 37.5 Å². The molecule has 0 aliphatic carbocycles. The van der Waals surface area contributed by atoms with Gasteiger partial charge in [-0.05, 0) is 36.7 Å². The first-order chi connectivity index (χ1) is 17.3. The third-order valence-corrected chi connectivity index (χ3v) is 5.61. The maximum absolute atomic E-state index is 13.3. The van der Waals surface area contributed by atoms with Gasteiger partial charge in [0.05, 0.1) is 6.04 Å². The lowest BCUT2D eigenvalue weighted by Gasteiger charge is -2.26. The van der Waals surface area contributed by atoms with Gasteiger partial charge >= 0.3 is 5.97 Å². The molecule has 0 spiro atoms. The second-order valence-electron chi connectivity index (χ2n) is 10.1. The molecule has 1 aromatic carbocycles. The van der Waals surface area contributed by atoms with Gasteiger partial charge in [0.1, 0.15) is 18.1 Å². The maximum atomic E-state index is 13.3. The molecule has 1 rings (SSSR count). The molecular weight excluding hydrogens is 478 g/mol. The van der Waals surface area contributed by atoms with Crippen LogP contribution in [-0.2, 0) is 30.4 Å². The third kappa shape index (κ3) is 12.4. The average molecular weight is 520 g/mol. The van der Waals surface area contributed by atoms with Gasteiger partial charge in [-0.25, -0.2) is 4.79 Å². The molecule has 206 valence electrons. The lowest BCUT2D eigenvalue weighted by Crippen LogP contribution is -2.57. The summed E-state index contributed by atoms with van der Waals surface area (Å²) in [6.45, 7) is 7.48. The summed E-state index contributed by atoms with van der Waals surface area (Å²) in [5.74, 6) is -3.69. The van der Waals surface area contributed by atoms with Crippen LogP contribution in [0.3, 0.4) is 0 Å². The Morgan fingerprint density at radius 1 is 0.784 bits per heavy atom. The van der Waals surface area contributed by atoms with E-state index in [1.165, 1.54) is 0 Å². The van der Waals surface area contributed by atoms with E-state index in [4.69, 9.17) is 11.5 Å². The van der Waals surface area contributed by atoms with Gasteiger partial charge in [-0.2, -0.15) is 0 Å². The summed E-state index contributed by atoms with van der Waals surface area (Å²) in [5, 5.41) is 17.2. The van der Waals surface area contributed by atoms with Crippen molar-refractivity contribution in [3.63, 3.8) is 0 Å². The Morgan fingerprint density at radius 2 is 1.30 bits per heavy atom. The zero-order chi connectivity index (χ0) is 28.1. The molecule has 4 amide bonds. The fourth-order valence-electron chi connectivity index (χ4n) is 3.75. The minimum atomic E-state index is -1.24. The minimum Gasteiger partial charge on any atom is -0.480 e. The number of hydrogen-bond donors (Lipinski definition) is 6. The lowest BCUT2D eigenvalue weighted by molar-refractivity contribution is -0.143. The van der Waals surface area contributed by atoms with Crippen molar-refractivity contribution in [2.75, 3.05) is 0 Å². The van der Waals surface area contributed by atoms with Crippen LogP contribution in [0.15, 0.2) is 30.3 Å². The summed E-state index contributed by atoms with van der Waals surface area (Å²) < 4.78 is 0. The summed E-state index contributed by atoms with van der Waals surface area (Å²) in [6.07, 6.45) is 0.372. The number of benzene rings is 1. The number of aliphatic carboxylic acids is 1. The largest absolute Gasteiger partial charge is 0.480 e. The van der Waals surface area contributed by atoms with E-state index in [2.05, 4.69) is 16.0 Å². The number of primary amides is 1. The molecule has 0 fully saturated rings. The molecule has 8 N–H and O–H groups in total. The summed E-state index contributed by atoms with van der Waals surface area (Å²) in [4.78, 5) is 62.0. The Kier molecular flexibility index (Phi) is 13.3. The van der Waals surface area contributed by atoms with Crippen molar-refractivity contribution in [3.8, 4) is 0 Å². The van der Waals surface area contributed by atoms with Crippen molar-refractivity contribution in [1.82, 2.24) is 16.0 Å². The number of nitrogens with two attached hydrogens (primary N) is 2. The monoisotopic (exact) mass is 519 g/mol. The van der Waals surface area contributed by atoms with Crippen LogP contribution in [0.5, 0.6) is 0 Å². The second kappa shape index (κ2) is 15.6. The molecule has 4 atom stereocenters. The zero-order valence-electron chi connectivity index (χ0n) is 22.0. The molecular formula is C26H41N5O6. The van der Waals surface area contributed by atoms with Gasteiger partial charge in [0, 0.05) is 12.8 Å². The molecule has 0 radical (unpaired) electrons. The molecule has 37 heavy (non-hydrogen) atoms. The number of carbonyl (C=O) groups is 5. The summed E-state index contributed by atoms with van der Waals surface area (Å²) in [5.41, 5.74) is 12.0. The first-order valence-electron chi connectivity index (χ1n) is 12.5. The molecule has 0 aliphatic heterocycles. The predicted octanol–water partition coefficient (Wildman–Crippen LogP) is 0.453. The summed E-state index contributed by atoms with van der Waals surface area (Å²) in [6, 6.07) is 4.68. The van der Waals surface area contributed by atoms with Gasteiger partial charge in [0.15, 0.2) is 0 Å². The van der Waals surface area contributed by atoms with Gasteiger partial charge in [-0.3, -0.25) is 19.2 Å². The van der Waals surface area contributed by atoms with Crippen LogP contribution in [0.4, 0.5) is 0 Å². The highest BCUT2D eigenvalue weighted by molar-refractivity contribution is 5.94. The number of carboxylic acids is 1. The van der Waals surface area contributed by atoms with Gasteiger partial charge in [0.25, 0.3) is 0 Å². The number of carboxylic acid groups (broad SMARTS) is 1. The van der Waals surface area contributed by atoms with Gasteiger partial charge in [-0.15, -0.1) is 0 Å². The first kappa shape index (κ1) is 31.6. The number of hydrogen-bond acceptors (Lipinski definition) is 6. The van der Waals surface area contributed by atoms with Crippen molar-refractivity contribution >= 4 is 29.6 Å². The van der Waals surface area contributed by atoms with Crippen molar-refractivity contribution in [1.29, 1.82) is 0 Å². The molecule has 0 aliphatic rings. The number of rotatable bonds is 16. The van der Waals surface area contributed by atoms with Crippen molar-refractivity contribution in [2.24, 2.45) is 23.3 Å². The highest BCUT2D eigenvalue weighted by atomic mass is 16.4. The van der Waals surface area contributed by atoms with Crippen molar-refractivity contribution < 1.29 is 29.1 Å². The molecule has 4 unspecified atom stereocenters. The standard InChI is InChI=1S/C26H41N5O6/c1-15(2)12-18(27)23(33)30-20(14-17-8-6-5-7-9-17)25(35)29-19(10-11-22(28)32)24(34)31-21(26(36)37)13-16(3)4/h5-9,15-16,18-21H,10-14,27H2,1-4H3,(H2,28,32)(H,29,35)(H,30,33)(H,31,34)(H,36,37). The number of nitrogens with one attached hydrogen (secondary N) is 3. The van der Waals surface area contributed by atoms with Crippen LogP contribution in [-0.4, -0.2) is 58.9 Å². The summed E-state index contributed by atoms with van der Waals surface area (Å²) >= 11 is 0. The predicted molar refractivity (Wildman–Crippen MR) is 139 cm³/mol. The van der Waals surface area contributed by atoms with Crippen molar-refractivity contribution in [3.05, 3.63) is 35.9 Å². The van der Waals surface area contributed by atoms with Gasteiger partial charge in [0.2, 0.25) is 23.6 Å². The molecule has 1 aromatic rings. The lowest BCUT2D eigenvalue weighted by atomic mass is 10.0. The SMILES string of the molecule is CC(C)CC(N)C(=O)NC(Cc1ccccc1)C(=O)NC(CCC(N)=O)C(=O)NC(CC(C)C)C(=O)O. The topological polar surface area (TPSA) is 194 Å². The van der Waals surface area contributed by atoms with E-state index in [0.29, 0.717) is 6.42 Å². The minimum absolute atomic E-state index is 0.0134. The Hall–Kier alpha value is -3.47. The normalized spacial score (nSPS) is 14.4. The number of amides is 4. The van der Waals surface area contributed by atoms with Crippen LogP contribution in [0.25, 0.3) is 0 Å². The maximum Gasteiger partial charge on any atom is 0.326 e. The molecule has 11 heteroatoms. The van der Waals surface area contributed by atoms with E-state index >= 15 is 0 Å². The van der Waals surface area contributed by atoms with Crippen LogP contribution >= 0.6 is 0 Å². The van der Waals surface area contributed by atoms with Crippen LogP contribution in [0, 0.1) is 11.8 Å². The molecule has 0 bridgehead atoms. The van der Waals surface area contributed by atoms with Crippen molar-refractivity contribution in [2.45, 2.75) is 84.0 Å². The van der Waals surface area contributed by atoms with Gasteiger partial charge in [-0.1, -0.05) is 58.0 Å². The van der Waals surface area contributed by atoms with Gasteiger partial charge < -0.3 is 32.5 Å². The molecule has 0 aromatic heterocycles. The molecule has 0 saturated heterocycles. The molecule has 0 heterocycles. The Morgan fingerprint density at radius 3 is 1.81 bits per heavy atom. The first-order valence-corrected chi connectivity index (χ1v) is 12.5. The van der Waals surface area contributed by atoms with Crippen LogP contribution in [0.2, 0.25) is 0 Å². The summed E-state index contributed by atoms with van der Waals surface area (Å²) in [7, 11) is 0. The quantitative estimate of drug-likeness (QED) is 0.182. The highest BCUT2D eigenvalue weighted by Gasteiger charge is 2.31. The highest BCUT2D eigenvalue weighted by Crippen LogP contribution is 2.09. The van der Waals surface area contributed by atoms with E-state index < -0.39 is 53.8 Å². The Balaban J connectivity index is 3.13. The second-order valence-corrected chi connectivity index (χ2v) is 10.1. The van der Waals surface area contributed by atoms with E-state index in [1.807, 2.05) is 33.8 Å². The smallest absolute Gasteiger partial charge is 0.326 e. The Labute approximate surface area is 218 Å². The third-order valence-electron chi connectivity index (χ3n) is 5.61. The van der Waals surface area contributed by atoms with E-state index in [1.54, 1.807) is 24.3 Å². The Bertz CT molecular complexity index is 921. The fourth-order valence-corrected chi connectivity index (χ4v) is 3.75. The van der Waals surface area contributed by atoms with Crippen LogP contribution < -0.4 is 27.4 Å². The van der Waals surface area contributed by atoms with E-state index in [9.17, 15) is 29.1 Å². The molecule has 0 saturated carbocycles. The van der Waals surface area contributed by atoms with E-state index in [0.717, 1.165) is 5.56 Å².